The Kier molecular flexibility index (Phi) is 5.92. The molecule has 160 valence electrons. The van der Waals surface area contributed by atoms with Crippen molar-refractivity contribution in [2.75, 3.05) is 24.1 Å². The molecule has 1 spiro atoms. The van der Waals surface area contributed by atoms with Gasteiger partial charge < -0.3 is 14.4 Å². The summed E-state index contributed by atoms with van der Waals surface area (Å²) in [6, 6.07) is 16.7. The number of para-hydroxylation sites is 1. The molecular weight excluding hydrogens is 458 g/mol. The number of nitrogens with zero attached hydrogens (tertiary/aromatic N) is 3. The monoisotopic (exact) mass is 475 g/mol. The van der Waals surface area contributed by atoms with E-state index in [-0.39, 0.29) is 5.04 Å². The Hall–Kier alpha value is -2.62. The third-order valence-corrected chi connectivity index (χ3v) is 7.79. The zero-order chi connectivity index (χ0) is 22.2. The average molecular weight is 476 g/mol. The van der Waals surface area contributed by atoms with Crippen LogP contribution in [0.1, 0.15) is 6.92 Å². The number of methoxy groups -OCH3 is 2. The molecule has 2 aliphatic heterocycles. The zero-order valence-electron chi connectivity index (χ0n) is 16.9. The van der Waals surface area contributed by atoms with Gasteiger partial charge in [0.25, 0.3) is 0 Å². The van der Waals surface area contributed by atoms with Gasteiger partial charge in [-0.1, -0.05) is 41.6 Å². The Balaban J connectivity index is 1.91. The van der Waals surface area contributed by atoms with Crippen LogP contribution in [-0.2, 0) is 19.1 Å². The number of esters is 2. The van der Waals surface area contributed by atoms with Crippen molar-refractivity contribution in [3.63, 3.8) is 0 Å². The third-order valence-electron chi connectivity index (χ3n) is 4.69. The molecule has 31 heavy (non-hydrogen) atoms. The van der Waals surface area contributed by atoms with Gasteiger partial charge in [0.15, 0.2) is 0 Å². The molecule has 7 nitrogen and oxygen atoms in total. The van der Waals surface area contributed by atoms with Gasteiger partial charge in [0.05, 0.1) is 19.9 Å². The molecule has 0 saturated carbocycles. The molecule has 0 aromatic heterocycles. The fourth-order valence-corrected chi connectivity index (χ4v) is 6.43. The lowest BCUT2D eigenvalue weighted by Gasteiger charge is -2.41. The van der Waals surface area contributed by atoms with Crippen molar-refractivity contribution in [3.8, 4) is 0 Å². The second-order valence-electron chi connectivity index (χ2n) is 6.51. The predicted molar refractivity (Wildman–Crippen MR) is 125 cm³/mol. The maximum absolute atomic E-state index is 12.6. The molecule has 2 aromatic carbocycles. The van der Waals surface area contributed by atoms with E-state index in [1.54, 1.807) is 17.1 Å². The Labute approximate surface area is 193 Å². The number of allylic oxidation sites excluding steroid dienone is 1. The summed E-state index contributed by atoms with van der Waals surface area (Å²) in [5.41, 5.74) is 2.22. The van der Waals surface area contributed by atoms with Gasteiger partial charge in [0.1, 0.15) is 4.91 Å². The highest BCUT2D eigenvalue weighted by molar-refractivity contribution is 8.29. The topological polar surface area (TPSA) is 71.4 Å². The SMILES string of the molecule is COC(=O)C1=NN(c2ccc(Cl)cc2)C2(S1)SC(C(=O)OC)=C(C)N2c1ccccc1. The molecule has 0 radical (unpaired) electrons. The number of hydrazone groups is 1. The summed E-state index contributed by atoms with van der Waals surface area (Å²) in [7, 11) is 2.65. The second kappa shape index (κ2) is 8.49. The van der Waals surface area contributed by atoms with Crippen LogP contribution in [0.5, 0.6) is 0 Å². The number of ether oxygens (including phenoxy) is 2. The summed E-state index contributed by atoms with van der Waals surface area (Å²) in [5, 5.41) is 7.03. The molecule has 1 unspecified atom stereocenters. The summed E-state index contributed by atoms with van der Waals surface area (Å²) in [6.07, 6.45) is 0. The standard InChI is InChI=1S/C21H18ClN3O4S2/c1-13-17(19(26)28-2)30-21(24(13)15-7-5-4-6-8-15)25(16-11-9-14(22)10-12-16)23-18(31-21)20(27)29-3/h4-12H,1-3H3. The smallest absolute Gasteiger partial charge is 0.365 e. The van der Waals surface area contributed by atoms with E-state index in [9.17, 15) is 9.59 Å². The summed E-state index contributed by atoms with van der Waals surface area (Å²) < 4.78 is 8.94. The van der Waals surface area contributed by atoms with E-state index in [2.05, 4.69) is 5.10 Å². The molecule has 0 N–H and O–H groups in total. The van der Waals surface area contributed by atoms with Gasteiger partial charge in [0, 0.05) is 16.4 Å². The van der Waals surface area contributed by atoms with Gasteiger partial charge >= 0.3 is 11.9 Å². The van der Waals surface area contributed by atoms with Crippen LogP contribution in [0.15, 0.2) is 70.3 Å². The first-order valence-electron chi connectivity index (χ1n) is 9.16. The van der Waals surface area contributed by atoms with Crippen LogP contribution in [-0.4, -0.2) is 35.5 Å². The number of hydrogen-bond donors (Lipinski definition) is 0. The molecule has 2 heterocycles. The first-order chi connectivity index (χ1) is 14.9. The lowest BCUT2D eigenvalue weighted by atomic mass is 10.2. The molecule has 0 fully saturated rings. The highest BCUT2D eigenvalue weighted by atomic mass is 35.5. The van der Waals surface area contributed by atoms with Gasteiger partial charge in [-0.25, -0.2) is 14.6 Å². The number of carbonyl (C=O) groups excluding carboxylic acids is 2. The normalized spacial score (nSPS) is 20.3. The van der Waals surface area contributed by atoms with E-state index in [1.165, 1.54) is 37.7 Å². The molecule has 2 aromatic rings. The van der Waals surface area contributed by atoms with Gasteiger partial charge in [-0.05, 0) is 55.1 Å². The lowest BCUT2D eigenvalue weighted by molar-refractivity contribution is -0.135. The number of carbonyl (C=O) groups is 2. The van der Waals surface area contributed by atoms with E-state index in [0.717, 1.165) is 5.69 Å². The van der Waals surface area contributed by atoms with Crippen LogP contribution in [0.2, 0.25) is 5.02 Å². The van der Waals surface area contributed by atoms with Crippen LogP contribution in [0.3, 0.4) is 0 Å². The highest BCUT2D eigenvalue weighted by Crippen LogP contribution is 2.60. The molecule has 1 atom stereocenters. The number of benzene rings is 2. The van der Waals surface area contributed by atoms with E-state index in [1.807, 2.05) is 54.3 Å². The molecule has 0 aliphatic carbocycles. The minimum absolute atomic E-state index is 0.171. The number of hydrogen-bond acceptors (Lipinski definition) is 9. The van der Waals surface area contributed by atoms with Crippen molar-refractivity contribution < 1.29 is 19.1 Å². The van der Waals surface area contributed by atoms with Crippen LogP contribution in [0.4, 0.5) is 11.4 Å². The van der Waals surface area contributed by atoms with E-state index in [0.29, 0.717) is 21.3 Å². The predicted octanol–water partition coefficient (Wildman–Crippen LogP) is 4.65. The first-order valence-corrected chi connectivity index (χ1v) is 11.2. The maximum atomic E-state index is 12.6. The second-order valence-corrected chi connectivity index (χ2v) is 9.55. The van der Waals surface area contributed by atoms with Crippen molar-refractivity contribution in [2.45, 2.75) is 11.3 Å². The number of rotatable bonds is 4. The quantitative estimate of drug-likeness (QED) is 0.592. The molecule has 0 saturated heterocycles. The van der Waals surface area contributed by atoms with Crippen molar-refractivity contribution in [1.29, 1.82) is 0 Å². The van der Waals surface area contributed by atoms with Gasteiger partial charge in [0.2, 0.25) is 9.37 Å². The van der Waals surface area contributed by atoms with Crippen molar-refractivity contribution >= 4 is 63.5 Å². The van der Waals surface area contributed by atoms with Crippen molar-refractivity contribution in [3.05, 3.63) is 70.2 Å². The summed E-state index contributed by atoms with van der Waals surface area (Å²) in [4.78, 5) is 27.4. The number of thioether (sulfide) groups is 2. The summed E-state index contributed by atoms with van der Waals surface area (Å²) in [6.45, 7) is 1.84. The molecule has 10 heteroatoms. The molecular formula is C21H18ClN3O4S2. The Morgan fingerprint density at radius 2 is 1.58 bits per heavy atom. The van der Waals surface area contributed by atoms with Crippen LogP contribution in [0.25, 0.3) is 0 Å². The van der Waals surface area contributed by atoms with Gasteiger partial charge in [-0.3, -0.25) is 0 Å². The summed E-state index contributed by atoms with van der Waals surface area (Å²) in [5.74, 6) is -1.01. The minimum atomic E-state index is -1.02. The minimum Gasteiger partial charge on any atom is -0.465 e. The van der Waals surface area contributed by atoms with Crippen LogP contribution >= 0.6 is 35.1 Å². The fraction of sp³-hybridized carbons (Fsp3) is 0.190. The largest absolute Gasteiger partial charge is 0.465 e. The number of halogens is 1. The number of anilines is 2. The zero-order valence-corrected chi connectivity index (χ0v) is 19.3. The Bertz CT molecular complexity index is 1090. The molecule has 4 rings (SSSR count). The van der Waals surface area contributed by atoms with Crippen molar-refractivity contribution in [1.82, 2.24) is 0 Å². The lowest BCUT2D eigenvalue weighted by Crippen LogP contribution is -2.49. The Morgan fingerprint density at radius 3 is 2.19 bits per heavy atom. The average Bonchev–Trinajstić information content (AvgIpc) is 3.31. The molecule has 0 amide bonds. The third kappa shape index (κ3) is 3.66. The van der Waals surface area contributed by atoms with Crippen LogP contribution < -0.4 is 9.91 Å². The molecule has 2 aliphatic rings. The van der Waals surface area contributed by atoms with E-state index < -0.39 is 16.3 Å². The highest BCUT2D eigenvalue weighted by Gasteiger charge is 2.58. The maximum Gasteiger partial charge on any atom is 0.365 e. The van der Waals surface area contributed by atoms with Crippen LogP contribution in [0, 0.1) is 0 Å². The van der Waals surface area contributed by atoms with Gasteiger partial charge in [-0.15, -0.1) is 0 Å². The van der Waals surface area contributed by atoms with Gasteiger partial charge in [-0.2, -0.15) is 5.10 Å². The van der Waals surface area contributed by atoms with E-state index in [4.69, 9.17) is 21.1 Å². The summed E-state index contributed by atoms with van der Waals surface area (Å²) >= 11 is 8.56. The van der Waals surface area contributed by atoms with E-state index >= 15 is 0 Å². The Morgan fingerprint density at radius 1 is 0.935 bits per heavy atom. The fourth-order valence-electron chi connectivity index (χ4n) is 3.30. The first kappa shape index (κ1) is 21.6. The van der Waals surface area contributed by atoms with Crippen molar-refractivity contribution in [2.24, 2.45) is 5.10 Å². The molecule has 0 bridgehead atoms.